The minimum Gasteiger partial charge on any atom is -0.462 e. The standard InChI is InChI=1S/C28H38N3O11PS/c1-7-22(33)40-24-20(39-26(28(24,6)41-23(34)8-2)31-15-14-21(32)29-27(31)36)16-37-43(44,42-19-12-10-9-11-13-19)30-18(5)25(35)38-17(3)4/h9-15,17-18,20,24,26H,7-8,16H2,1-6H3,(H,30,44)(H,29,32,36)/t18?,20-,24+,26-,28?,43?/m1/s1. The molecule has 16 heteroatoms. The van der Waals surface area contributed by atoms with Gasteiger partial charge >= 0.3 is 30.2 Å². The highest BCUT2D eigenvalue weighted by Crippen LogP contribution is 2.48. The number of ether oxygens (including phenoxy) is 4. The molecule has 0 saturated carbocycles. The fourth-order valence-corrected chi connectivity index (χ4v) is 6.73. The first-order chi connectivity index (χ1) is 20.7. The Hall–Kier alpha value is -3.36. The highest BCUT2D eigenvalue weighted by Gasteiger charge is 2.60. The monoisotopic (exact) mass is 655 g/mol. The Kier molecular flexibility index (Phi) is 12.0. The summed E-state index contributed by atoms with van der Waals surface area (Å²) in [5.74, 6) is -1.53. The van der Waals surface area contributed by atoms with E-state index < -0.39 is 72.5 Å². The van der Waals surface area contributed by atoms with Gasteiger partial charge in [0.2, 0.25) is 0 Å². The number of nitrogens with zero attached hydrogens (tertiary/aromatic N) is 1. The largest absolute Gasteiger partial charge is 0.462 e. The zero-order chi connectivity index (χ0) is 32.7. The number of hydrogen-bond donors (Lipinski definition) is 2. The number of rotatable bonds is 14. The molecule has 0 radical (unpaired) electrons. The Morgan fingerprint density at radius 1 is 1.09 bits per heavy atom. The minimum atomic E-state index is -3.56. The summed E-state index contributed by atoms with van der Waals surface area (Å²) in [4.78, 5) is 64.5. The lowest BCUT2D eigenvalue weighted by Gasteiger charge is -2.34. The first-order valence-electron chi connectivity index (χ1n) is 14.1. The molecule has 0 aliphatic carbocycles. The van der Waals surface area contributed by atoms with Crippen molar-refractivity contribution in [3.05, 3.63) is 63.4 Å². The first kappa shape index (κ1) is 35.1. The van der Waals surface area contributed by atoms with E-state index in [1.54, 1.807) is 65.0 Å². The minimum absolute atomic E-state index is 0.0166. The van der Waals surface area contributed by atoms with Gasteiger partial charge in [0.25, 0.3) is 5.56 Å². The van der Waals surface area contributed by atoms with Crippen molar-refractivity contribution in [2.75, 3.05) is 6.61 Å². The third-order valence-electron chi connectivity index (χ3n) is 6.40. The zero-order valence-corrected chi connectivity index (χ0v) is 27.1. The molecule has 14 nitrogen and oxygen atoms in total. The lowest BCUT2D eigenvalue weighted by molar-refractivity contribution is -0.187. The summed E-state index contributed by atoms with van der Waals surface area (Å²) in [6.45, 7) is 5.62. The van der Waals surface area contributed by atoms with Gasteiger partial charge in [-0.05, 0) is 51.6 Å². The van der Waals surface area contributed by atoms with Crippen molar-refractivity contribution in [2.24, 2.45) is 0 Å². The van der Waals surface area contributed by atoms with Crippen LogP contribution in [0, 0.1) is 0 Å². The quantitative estimate of drug-likeness (QED) is 0.173. The summed E-state index contributed by atoms with van der Waals surface area (Å²) in [6.07, 6.45) is -3.05. The second-order valence-electron chi connectivity index (χ2n) is 10.4. The van der Waals surface area contributed by atoms with Crippen LogP contribution in [0.2, 0.25) is 0 Å². The average molecular weight is 656 g/mol. The number of hydrogen-bond acceptors (Lipinski definition) is 12. The summed E-state index contributed by atoms with van der Waals surface area (Å²) >= 11 is 5.78. The number of carbonyl (C=O) groups is 3. The van der Waals surface area contributed by atoms with E-state index in [1.165, 1.54) is 13.1 Å². The summed E-state index contributed by atoms with van der Waals surface area (Å²) in [7, 11) is 0. The van der Waals surface area contributed by atoms with E-state index in [2.05, 4.69) is 10.1 Å². The van der Waals surface area contributed by atoms with Gasteiger partial charge in [-0.3, -0.25) is 28.7 Å². The van der Waals surface area contributed by atoms with Crippen LogP contribution in [0.5, 0.6) is 5.75 Å². The van der Waals surface area contributed by atoms with Crippen molar-refractivity contribution in [1.82, 2.24) is 14.6 Å². The fourth-order valence-electron chi connectivity index (χ4n) is 4.31. The molecule has 6 atom stereocenters. The molecule has 1 aromatic carbocycles. The third kappa shape index (κ3) is 8.85. The van der Waals surface area contributed by atoms with Gasteiger partial charge in [0.05, 0.1) is 12.7 Å². The summed E-state index contributed by atoms with van der Waals surface area (Å²) in [5, 5.41) is 2.92. The number of H-pyrrole nitrogens is 1. The highest BCUT2D eigenvalue weighted by atomic mass is 32.5. The molecule has 2 aromatic rings. The summed E-state index contributed by atoms with van der Waals surface area (Å²) in [6, 6.07) is 8.70. The summed E-state index contributed by atoms with van der Waals surface area (Å²) in [5.41, 5.74) is -3.25. The van der Waals surface area contributed by atoms with Crippen LogP contribution in [0.3, 0.4) is 0 Å². The second kappa shape index (κ2) is 15.1. The molecular weight excluding hydrogens is 617 g/mol. The molecule has 0 spiro atoms. The molecule has 0 amide bonds. The molecule has 3 unspecified atom stereocenters. The first-order valence-corrected chi connectivity index (χ1v) is 16.7. The van der Waals surface area contributed by atoms with Crippen LogP contribution in [0.1, 0.15) is 60.6 Å². The molecule has 1 aliphatic heterocycles. The molecule has 44 heavy (non-hydrogen) atoms. The smallest absolute Gasteiger partial charge is 0.330 e. The van der Waals surface area contributed by atoms with Crippen molar-refractivity contribution < 1.29 is 42.4 Å². The van der Waals surface area contributed by atoms with E-state index in [0.29, 0.717) is 5.75 Å². The third-order valence-corrected chi connectivity index (χ3v) is 8.90. The molecule has 2 N–H and O–H groups in total. The maximum absolute atomic E-state index is 12.8. The summed E-state index contributed by atoms with van der Waals surface area (Å²) < 4.78 is 36.2. The SMILES string of the molecule is CCC(=O)O[C@H]1[C@@H](COP(=S)(NC(C)C(=O)OC(C)C)Oc2ccccc2)O[C@@H](n2ccc(=O)[nH]c2=O)C1(C)OC(=O)CC. The molecule has 3 rings (SSSR count). The predicted molar refractivity (Wildman–Crippen MR) is 161 cm³/mol. The van der Waals surface area contributed by atoms with Gasteiger partial charge in [0.15, 0.2) is 17.9 Å². The van der Waals surface area contributed by atoms with Crippen molar-refractivity contribution in [1.29, 1.82) is 0 Å². The van der Waals surface area contributed by atoms with E-state index in [9.17, 15) is 24.0 Å². The number of para-hydroxylation sites is 1. The molecule has 1 aromatic heterocycles. The van der Waals surface area contributed by atoms with Gasteiger partial charge in [-0.2, -0.15) is 0 Å². The van der Waals surface area contributed by atoms with Gasteiger partial charge in [-0.25, -0.2) is 9.88 Å². The van der Waals surface area contributed by atoms with Crippen molar-refractivity contribution in [3.8, 4) is 5.75 Å². The predicted octanol–water partition coefficient (Wildman–Crippen LogP) is 2.72. The van der Waals surface area contributed by atoms with Crippen LogP contribution < -0.4 is 20.9 Å². The van der Waals surface area contributed by atoms with Gasteiger partial charge in [-0.15, -0.1) is 0 Å². The van der Waals surface area contributed by atoms with Gasteiger partial charge in [0, 0.05) is 25.1 Å². The van der Waals surface area contributed by atoms with E-state index in [-0.39, 0.29) is 18.9 Å². The maximum atomic E-state index is 12.8. The fraction of sp³-hybridized carbons (Fsp3) is 0.536. The van der Waals surface area contributed by atoms with Crippen LogP contribution in [0.15, 0.2) is 52.2 Å². The van der Waals surface area contributed by atoms with Crippen LogP contribution in [-0.2, 0) is 49.7 Å². The second-order valence-corrected chi connectivity index (χ2v) is 13.5. The number of nitrogens with one attached hydrogen (secondary N) is 2. The topological polar surface area (TPSA) is 173 Å². The molecule has 242 valence electrons. The van der Waals surface area contributed by atoms with E-state index >= 15 is 0 Å². The Labute approximate surface area is 259 Å². The van der Waals surface area contributed by atoms with Crippen LogP contribution >= 0.6 is 6.64 Å². The van der Waals surface area contributed by atoms with E-state index in [4.69, 9.17) is 39.8 Å². The number of esters is 3. The Bertz CT molecular complexity index is 1480. The van der Waals surface area contributed by atoms with Crippen molar-refractivity contribution in [2.45, 2.75) is 90.6 Å². The number of aromatic nitrogens is 2. The molecular formula is C28H38N3O11PS. The zero-order valence-electron chi connectivity index (χ0n) is 25.3. The van der Waals surface area contributed by atoms with Crippen LogP contribution in [0.4, 0.5) is 0 Å². The lowest BCUT2D eigenvalue weighted by atomic mass is 9.95. The van der Waals surface area contributed by atoms with E-state index in [0.717, 1.165) is 10.6 Å². The Morgan fingerprint density at radius 3 is 2.34 bits per heavy atom. The van der Waals surface area contributed by atoms with Crippen molar-refractivity contribution in [3.63, 3.8) is 0 Å². The Balaban J connectivity index is 2.01. The Morgan fingerprint density at radius 2 is 1.75 bits per heavy atom. The molecule has 1 fully saturated rings. The molecule has 0 bridgehead atoms. The van der Waals surface area contributed by atoms with Gasteiger partial charge in [0.1, 0.15) is 17.9 Å². The van der Waals surface area contributed by atoms with Crippen molar-refractivity contribution >= 4 is 36.4 Å². The normalized spacial score (nSPS) is 23.4. The maximum Gasteiger partial charge on any atom is 0.330 e. The average Bonchev–Trinajstić information content (AvgIpc) is 3.22. The van der Waals surface area contributed by atoms with E-state index in [1.807, 2.05) is 0 Å². The van der Waals surface area contributed by atoms with Gasteiger partial charge < -0.3 is 28.0 Å². The lowest BCUT2D eigenvalue weighted by Crippen LogP contribution is -2.52. The van der Waals surface area contributed by atoms with Crippen LogP contribution in [-0.4, -0.2) is 64.0 Å². The molecule has 2 heterocycles. The van der Waals surface area contributed by atoms with Crippen LogP contribution in [0.25, 0.3) is 0 Å². The number of aromatic amines is 1. The van der Waals surface area contributed by atoms with Gasteiger partial charge in [-0.1, -0.05) is 32.0 Å². The number of benzene rings is 1. The number of carbonyl (C=O) groups excluding carboxylic acids is 3. The highest BCUT2D eigenvalue weighted by molar-refractivity contribution is 8.09. The molecule has 1 aliphatic rings. The molecule has 1 saturated heterocycles.